The van der Waals surface area contributed by atoms with E-state index in [1.807, 2.05) is 26.8 Å². The van der Waals surface area contributed by atoms with Gasteiger partial charge in [0.05, 0.1) is 0 Å². The average molecular weight is 328 g/mol. The number of hydrogen-bond acceptors (Lipinski definition) is 3. The molecule has 1 amide bonds. The van der Waals surface area contributed by atoms with E-state index in [1.165, 1.54) is 18.5 Å². The van der Waals surface area contributed by atoms with Gasteiger partial charge in [-0.15, -0.1) is 0 Å². The predicted octanol–water partition coefficient (Wildman–Crippen LogP) is 4.46. The number of benzene rings is 1. The zero-order valence-corrected chi connectivity index (χ0v) is 15.3. The lowest BCUT2D eigenvalue weighted by atomic mass is 9.99. The minimum Gasteiger partial charge on any atom is -0.451 e. The number of rotatable bonds is 4. The van der Waals surface area contributed by atoms with Crippen molar-refractivity contribution >= 4 is 22.6 Å². The summed E-state index contributed by atoms with van der Waals surface area (Å²) >= 11 is 0. The third-order valence-corrected chi connectivity index (χ3v) is 5.19. The van der Waals surface area contributed by atoms with Crippen molar-refractivity contribution in [3.05, 3.63) is 29.5 Å². The summed E-state index contributed by atoms with van der Waals surface area (Å²) in [5.41, 5.74) is 2.99. The highest BCUT2D eigenvalue weighted by molar-refractivity contribution is 5.99. The van der Waals surface area contributed by atoms with Gasteiger partial charge in [0.25, 0.3) is 5.91 Å². The normalized spacial score (nSPS) is 18.2. The summed E-state index contributed by atoms with van der Waals surface area (Å²) in [5.74, 6) is 1.21. The molecule has 0 radical (unpaired) electrons. The molecule has 4 nitrogen and oxygen atoms in total. The number of fused-ring (bicyclic) bond motifs is 1. The van der Waals surface area contributed by atoms with Crippen molar-refractivity contribution in [2.75, 3.05) is 31.1 Å². The molecule has 3 rings (SSSR count). The molecule has 1 aliphatic heterocycles. The number of carbonyl (C=O) groups excluding carboxylic acids is 1. The molecule has 1 saturated heterocycles. The van der Waals surface area contributed by atoms with Crippen LogP contribution >= 0.6 is 0 Å². The van der Waals surface area contributed by atoms with Crippen LogP contribution in [0.25, 0.3) is 11.0 Å². The van der Waals surface area contributed by atoms with Crippen LogP contribution in [0.15, 0.2) is 22.6 Å². The Morgan fingerprint density at radius 1 is 1.33 bits per heavy atom. The Morgan fingerprint density at radius 2 is 2.08 bits per heavy atom. The van der Waals surface area contributed by atoms with Crippen LogP contribution in [0.1, 0.15) is 49.7 Å². The number of furan rings is 1. The standard InChI is InChI=1S/C20H28N2O2/c1-5-21(6-2)20(23)19-15(4)17-12-16(9-10-18(17)24-19)22-11-7-8-14(3)13-22/h9-10,12,14H,5-8,11,13H2,1-4H3. The van der Waals surface area contributed by atoms with E-state index >= 15 is 0 Å². The number of anilines is 1. The summed E-state index contributed by atoms with van der Waals surface area (Å²) in [6.45, 7) is 11.9. The molecule has 4 heteroatoms. The first-order valence-corrected chi connectivity index (χ1v) is 9.12. The Labute approximate surface area is 144 Å². The first kappa shape index (κ1) is 16.9. The van der Waals surface area contributed by atoms with Crippen molar-refractivity contribution in [2.45, 2.75) is 40.5 Å². The second kappa shape index (κ2) is 6.88. The van der Waals surface area contributed by atoms with Crippen LogP contribution in [-0.2, 0) is 0 Å². The third kappa shape index (κ3) is 3.02. The molecule has 0 aliphatic carbocycles. The summed E-state index contributed by atoms with van der Waals surface area (Å²) < 4.78 is 5.90. The van der Waals surface area contributed by atoms with Crippen molar-refractivity contribution in [1.29, 1.82) is 0 Å². The fourth-order valence-corrected chi connectivity index (χ4v) is 3.69. The van der Waals surface area contributed by atoms with Crippen LogP contribution in [0.4, 0.5) is 5.69 Å². The highest BCUT2D eigenvalue weighted by atomic mass is 16.3. The molecule has 1 aliphatic rings. The van der Waals surface area contributed by atoms with E-state index in [4.69, 9.17) is 4.42 Å². The Morgan fingerprint density at radius 3 is 2.75 bits per heavy atom. The minimum absolute atomic E-state index is 0.0122. The molecule has 2 heterocycles. The predicted molar refractivity (Wildman–Crippen MR) is 98.8 cm³/mol. The molecule has 0 spiro atoms. The van der Waals surface area contributed by atoms with Gasteiger partial charge in [-0.25, -0.2) is 0 Å². The first-order valence-electron chi connectivity index (χ1n) is 9.12. The van der Waals surface area contributed by atoms with Crippen molar-refractivity contribution in [1.82, 2.24) is 4.90 Å². The summed E-state index contributed by atoms with van der Waals surface area (Å²) in [6, 6.07) is 6.32. The van der Waals surface area contributed by atoms with Gasteiger partial charge in [-0.1, -0.05) is 6.92 Å². The van der Waals surface area contributed by atoms with Gasteiger partial charge in [0, 0.05) is 42.8 Å². The number of carbonyl (C=O) groups is 1. The molecule has 1 aromatic carbocycles. The van der Waals surface area contributed by atoms with E-state index < -0.39 is 0 Å². The van der Waals surface area contributed by atoms with E-state index in [0.29, 0.717) is 18.8 Å². The van der Waals surface area contributed by atoms with E-state index in [-0.39, 0.29) is 5.91 Å². The van der Waals surface area contributed by atoms with Crippen molar-refractivity contribution < 1.29 is 9.21 Å². The quantitative estimate of drug-likeness (QED) is 0.831. The molecule has 24 heavy (non-hydrogen) atoms. The van der Waals surface area contributed by atoms with Gasteiger partial charge < -0.3 is 14.2 Å². The fraction of sp³-hybridized carbons (Fsp3) is 0.550. The SMILES string of the molecule is CCN(CC)C(=O)c1oc2ccc(N3CCCC(C)C3)cc2c1C. The fourth-order valence-electron chi connectivity index (χ4n) is 3.69. The first-order chi connectivity index (χ1) is 11.5. The lowest BCUT2D eigenvalue weighted by Gasteiger charge is -2.32. The third-order valence-electron chi connectivity index (χ3n) is 5.19. The minimum atomic E-state index is -0.0122. The van der Waals surface area contributed by atoms with E-state index in [9.17, 15) is 4.79 Å². The van der Waals surface area contributed by atoms with Gasteiger partial charge in [0.15, 0.2) is 5.76 Å². The van der Waals surface area contributed by atoms with E-state index in [2.05, 4.69) is 24.0 Å². The Balaban J connectivity index is 1.95. The Hall–Kier alpha value is -1.97. The zero-order valence-electron chi connectivity index (χ0n) is 15.3. The molecular weight excluding hydrogens is 300 g/mol. The maximum Gasteiger partial charge on any atom is 0.289 e. The van der Waals surface area contributed by atoms with Gasteiger partial charge in [-0.05, 0) is 57.7 Å². The highest BCUT2D eigenvalue weighted by Crippen LogP contribution is 2.31. The van der Waals surface area contributed by atoms with Crippen LogP contribution in [-0.4, -0.2) is 37.0 Å². The van der Waals surface area contributed by atoms with Gasteiger partial charge >= 0.3 is 0 Å². The molecule has 1 aromatic heterocycles. The number of aryl methyl sites for hydroxylation is 1. The van der Waals surface area contributed by atoms with E-state index in [1.54, 1.807) is 4.90 Å². The molecule has 1 unspecified atom stereocenters. The van der Waals surface area contributed by atoms with Crippen molar-refractivity contribution in [3.63, 3.8) is 0 Å². The van der Waals surface area contributed by atoms with Gasteiger partial charge in [-0.2, -0.15) is 0 Å². The molecule has 1 atom stereocenters. The number of nitrogens with zero attached hydrogens (tertiary/aromatic N) is 2. The lowest BCUT2D eigenvalue weighted by molar-refractivity contribution is 0.0742. The Kier molecular flexibility index (Phi) is 4.83. The van der Waals surface area contributed by atoms with Crippen LogP contribution in [0.5, 0.6) is 0 Å². The van der Waals surface area contributed by atoms with Crippen LogP contribution in [0.3, 0.4) is 0 Å². The summed E-state index contributed by atoms with van der Waals surface area (Å²) in [7, 11) is 0. The van der Waals surface area contributed by atoms with Crippen molar-refractivity contribution in [3.8, 4) is 0 Å². The lowest BCUT2D eigenvalue weighted by Crippen LogP contribution is -2.34. The zero-order chi connectivity index (χ0) is 17.3. The molecule has 0 saturated carbocycles. The maximum absolute atomic E-state index is 12.6. The van der Waals surface area contributed by atoms with Gasteiger partial charge in [0.1, 0.15) is 5.58 Å². The van der Waals surface area contributed by atoms with E-state index in [0.717, 1.165) is 35.5 Å². The van der Waals surface area contributed by atoms with Crippen LogP contribution in [0, 0.1) is 12.8 Å². The number of piperidine rings is 1. The largest absolute Gasteiger partial charge is 0.451 e. The summed E-state index contributed by atoms with van der Waals surface area (Å²) in [4.78, 5) is 16.9. The monoisotopic (exact) mass is 328 g/mol. The summed E-state index contributed by atoms with van der Waals surface area (Å²) in [5, 5.41) is 1.06. The van der Waals surface area contributed by atoms with Crippen LogP contribution in [0.2, 0.25) is 0 Å². The molecule has 1 fully saturated rings. The van der Waals surface area contributed by atoms with Crippen LogP contribution < -0.4 is 4.90 Å². The number of hydrogen-bond donors (Lipinski definition) is 0. The van der Waals surface area contributed by atoms with Gasteiger partial charge in [-0.3, -0.25) is 4.79 Å². The van der Waals surface area contributed by atoms with Gasteiger partial charge in [0.2, 0.25) is 0 Å². The molecule has 0 N–H and O–H groups in total. The maximum atomic E-state index is 12.6. The second-order valence-corrected chi connectivity index (χ2v) is 6.91. The summed E-state index contributed by atoms with van der Waals surface area (Å²) in [6.07, 6.45) is 2.56. The highest BCUT2D eigenvalue weighted by Gasteiger charge is 2.23. The Bertz CT molecular complexity index is 731. The number of amides is 1. The van der Waals surface area contributed by atoms with Crippen molar-refractivity contribution in [2.24, 2.45) is 5.92 Å². The average Bonchev–Trinajstić information content (AvgIpc) is 2.92. The second-order valence-electron chi connectivity index (χ2n) is 6.91. The molecule has 0 bridgehead atoms. The smallest absolute Gasteiger partial charge is 0.289 e. The molecule has 130 valence electrons. The topological polar surface area (TPSA) is 36.7 Å². The molecular formula is C20H28N2O2. The molecule has 2 aromatic rings.